The number of hydrogen-bond donors (Lipinski definition) is 1. The minimum Gasteiger partial charge on any atom is -0.353 e. The van der Waals surface area contributed by atoms with E-state index in [0.717, 1.165) is 25.7 Å². The van der Waals surface area contributed by atoms with Gasteiger partial charge in [-0.15, -0.1) is 0 Å². The van der Waals surface area contributed by atoms with Crippen molar-refractivity contribution in [2.75, 3.05) is 27.2 Å². The third kappa shape index (κ3) is 5.16. The van der Waals surface area contributed by atoms with E-state index >= 15 is 0 Å². The molecule has 2 fully saturated rings. The highest BCUT2D eigenvalue weighted by atomic mass is 32.2. The second kappa shape index (κ2) is 8.44. The molecule has 0 bridgehead atoms. The molecule has 1 aliphatic heterocycles. The van der Waals surface area contributed by atoms with Crippen LogP contribution in [-0.4, -0.2) is 56.2 Å². The smallest absolute Gasteiger partial charge is 0.281 e. The number of carbonyl (C=O) groups is 1. The largest absolute Gasteiger partial charge is 0.353 e. The molecular formula is C16H31N3O3S. The van der Waals surface area contributed by atoms with Crippen LogP contribution in [-0.2, 0) is 15.0 Å². The van der Waals surface area contributed by atoms with E-state index in [2.05, 4.69) is 5.32 Å². The number of amides is 1. The lowest BCUT2D eigenvalue weighted by atomic mass is 9.94. The first-order chi connectivity index (χ1) is 10.9. The van der Waals surface area contributed by atoms with E-state index in [1.54, 1.807) is 0 Å². The van der Waals surface area contributed by atoms with E-state index < -0.39 is 10.2 Å². The summed E-state index contributed by atoms with van der Waals surface area (Å²) in [5.74, 6) is -0.182. The molecule has 7 heteroatoms. The predicted molar refractivity (Wildman–Crippen MR) is 91.2 cm³/mol. The summed E-state index contributed by atoms with van der Waals surface area (Å²) in [5, 5.41) is 3.18. The van der Waals surface area contributed by atoms with Gasteiger partial charge in [-0.1, -0.05) is 32.1 Å². The Morgan fingerprint density at radius 2 is 1.61 bits per heavy atom. The van der Waals surface area contributed by atoms with E-state index in [0.29, 0.717) is 13.1 Å². The standard InChI is InChI=1S/C16H31N3O3S/c1-18(2)23(21,22)19-12-8-9-14(13-19)16(20)17-15-10-6-4-3-5-7-11-15/h14-15H,3-13H2,1-2H3,(H,17,20)/t14-/m1/s1. The summed E-state index contributed by atoms with van der Waals surface area (Å²) in [7, 11) is -0.353. The first-order valence-electron chi connectivity index (χ1n) is 8.89. The van der Waals surface area contributed by atoms with Crippen LogP contribution in [0, 0.1) is 5.92 Å². The molecule has 2 aliphatic rings. The molecule has 1 heterocycles. The van der Waals surface area contributed by atoms with Crippen molar-refractivity contribution in [1.82, 2.24) is 13.9 Å². The van der Waals surface area contributed by atoms with E-state index in [4.69, 9.17) is 0 Å². The van der Waals surface area contributed by atoms with Gasteiger partial charge in [0.1, 0.15) is 0 Å². The van der Waals surface area contributed by atoms with Crippen molar-refractivity contribution in [2.24, 2.45) is 5.92 Å². The molecule has 0 unspecified atom stereocenters. The van der Waals surface area contributed by atoms with Crippen molar-refractivity contribution in [3.8, 4) is 0 Å². The van der Waals surface area contributed by atoms with E-state index in [1.165, 1.54) is 54.8 Å². The second-order valence-corrected chi connectivity index (χ2v) is 9.18. The fourth-order valence-corrected chi connectivity index (χ4v) is 4.71. The highest BCUT2D eigenvalue weighted by Crippen LogP contribution is 2.22. The molecule has 0 aromatic heterocycles. The Morgan fingerprint density at radius 1 is 1.00 bits per heavy atom. The topological polar surface area (TPSA) is 69.7 Å². The summed E-state index contributed by atoms with van der Waals surface area (Å²) < 4.78 is 27.2. The normalized spacial score (nSPS) is 25.8. The number of rotatable bonds is 4. The molecule has 1 saturated heterocycles. The molecule has 0 aromatic carbocycles. The van der Waals surface area contributed by atoms with Gasteiger partial charge in [0.25, 0.3) is 10.2 Å². The van der Waals surface area contributed by atoms with E-state index in [9.17, 15) is 13.2 Å². The first-order valence-corrected chi connectivity index (χ1v) is 10.3. The Kier molecular flexibility index (Phi) is 6.85. The molecule has 1 aliphatic carbocycles. The van der Waals surface area contributed by atoms with E-state index in [1.807, 2.05) is 0 Å². The van der Waals surface area contributed by atoms with Crippen LogP contribution in [0.25, 0.3) is 0 Å². The van der Waals surface area contributed by atoms with Crippen LogP contribution in [0.1, 0.15) is 57.8 Å². The van der Waals surface area contributed by atoms with Gasteiger partial charge in [0, 0.05) is 33.2 Å². The summed E-state index contributed by atoms with van der Waals surface area (Å²) in [6, 6.07) is 0.267. The lowest BCUT2D eigenvalue weighted by Crippen LogP contribution is -2.50. The second-order valence-electron chi connectivity index (χ2n) is 7.04. The molecule has 2 rings (SSSR count). The van der Waals surface area contributed by atoms with Crippen LogP contribution < -0.4 is 5.32 Å². The molecule has 1 amide bonds. The number of nitrogens with one attached hydrogen (secondary N) is 1. The van der Waals surface area contributed by atoms with Crippen LogP contribution in [0.3, 0.4) is 0 Å². The zero-order chi connectivity index (χ0) is 16.9. The van der Waals surface area contributed by atoms with Crippen LogP contribution >= 0.6 is 0 Å². The minimum absolute atomic E-state index is 0.0363. The van der Waals surface area contributed by atoms with E-state index in [-0.39, 0.29) is 17.9 Å². The molecule has 1 saturated carbocycles. The molecule has 1 atom stereocenters. The van der Waals surface area contributed by atoms with Gasteiger partial charge in [0.05, 0.1) is 5.92 Å². The fraction of sp³-hybridized carbons (Fsp3) is 0.938. The average Bonchev–Trinajstić information content (AvgIpc) is 2.49. The lowest BCUT2D eigenvalue weighted by molar-refractivity contribution is -0.127. The van der Waals surface area contributed by atoms with Gasteiger partial charge >= 0.3 is 0 Å². The maximum Gasteiger partial charge on any atom is 0.281 e. The highest BCUT2D eigenvalue weighted by Gasteiger charge is 2.34. The third-order valence-corrected chi connectivity index (χ3v) is 6.90. The zero-order valence-electron chi connectivity index (χ0n) is 14.5. The van der Waals surface area contributed by atoms with Crippen LogP contribution in [0.5, 0.6) is 0 Å². The summed E-state index contributed by atoms with van der Waals surface area (Å²) in [6.07, 6.45) is 9.80. The van der Waals surface area contributed by atoms with Gasteiger partial charge in [0.15, 0.2) is 0 Å². The molecule has 0 radical (unpaired) electrons. The lowest BCUT2D eigenvalue weighted by Gasteiger charge is -2.33. The van der Waals surface area contributed by atoms with Crippen LogP contribution in [0.4, 0.5) is 0 Å². The predicted octanol–water partition coefficient (Wildman–Crippen LogP) is 1.73. The number of piperidine rings is 1. The molecular weight excluding hydrogens is 314 g/mol. The van der Waals surface area contributed by atoms with Gasteiger partial charge in [-0.25, -0.2) is 0 Å². The Morgan fingerprint density at radius 3 is 2.22 bits per heavy atom. The molecule has 1 N–H and O–H groups in total. The molecule has 6 nitrogen and oxygen atoms in total. The highest BCUT2D eigenvalue weighted by molar-refractivity contribution is 7.86. The number of carbonyl (C=O) groups excluding carboxylic acids is 1. The Balaban J connectivity index is 1.91. The van der Waals surface area contributed by atoms with Gasteiger partial charge in [-0.05, 0) is 25.7 Å². The van der Waals surface area contributed by atoms with Crippen LogP contribution in [0.2, 0.25) is 0 Å². The quantitative estimate of drug-likeness (QED) is 0.844. The van der Waals surface area contributed by atoms with Crippen molar-refractivity contribution in [3.63, 3.8) is 0 Å². The average molecular weight is 346 g/mol. The molecule has 0 spiro atoms. The third-order valence-electron chi connectivity index (χ3n) is 4.99. The summed E-state index contributed by atoms with van der Waals surface area (Å²) >= 11 is 0. The van der Waals surface area contributed by atoms with Crippen molar-refractivity contribution in [1.29, 1.82) is 0 Å². The maximum absolute atomic E-state index is 12.6. The SMILES string of the molecule is CN(C)S(=O)(=O)N1CCC[C@@H](C(=O)NC2CCCCCCC2)C1. The van der Waals surface area contributed by atoms with Gasteiger partial charge in [0.2, 0.25) is 5.91 Å². The summed E-state index contributed by atoms with van der Waals surface area (Å²) in [5.41, 5.74) is 0. The van der Waals surface area contributed by atoms with Gasteiger partial charge in [-0.2, -0.15) is 17.0 Å². The Hall–Kier alpha value is -0.660. The molecule has 23 heavy (non-hydrogen) atoms. The summed E-state index contributed by atoms with van der Waals surface area (Å²) in [4.78, 5) is 12.6. The fourth-order valence-electron chi connectivity index (χ4n) is 3.52. The van der Waals surface area contributed by atoms with Crippen molar-refractivity contribution in [2.45, 2.75) is 63.8 Å². The summed E-state index contributed by atoms with van der Waals surface area (Å²) in [6.45, 7) is 0.812. The van der Waals surface area contributed by atoms with Crippen molar-refractivity contribution < 1.29 is 13.2 Å². The number of hydrogen-bond acceptors (Lipinski definition) is 3. The molecule has 134 valence electrons. The number of nitrogens with zero attached hydrogens (tertiary/aromatic N) is 2. The van der Waals surface area contributed by atoms with Gasteiger partial charge in [-0.3, -0.25) is 4.79 Å². The minimum atomic E-state index is -3.42. The van der Waals surface area contributed by atoms with Gasteiger partial charge < -0.3 is 5.32 Å². The van der Waals surface area contributed by atoms with Crippen molar-refractivity contribution in [3.05, 3.63) is 0 Å². The first kappa shape index (κ1) is 18.7. The zero-order valence-corrected chi connectivity index (χ0v) is 15.3. The monoisotopic (exact) mass is 345 g/mol. The Labute approximate surface area is 140 Å². The van der Waals surface area contributed by atoms with Crippen LogP contribution in [0.15, 0.2) is 0 Å². The molecule has 0 aromatic rings. The maximum atomic E-state index is 12.6. The van der Waals surface area contributed by atoms with Crippen molar-refractivity contribution >= 4 is 16.1 Å². The Bertz CT molecular complexity index is 485.